The summed E-state index contributed by atoms with van der Waals surface area (Å²) in [5.41, 5.74) is 3.00. The molecule has 0 saturated heterocycles. The van der Waals surface area contributed by atoms with Crippen molar-refractivity contribution in [2.24, 2.45) is 0 Å². The van der Waals surface area contributed by atoms with Gasteiger partial charge in [-0.2, -0.15) is 0 Å². The van der Waals surface area contributed by atoms with Crippen LogP contribution >= 0.6 is 0 Å². The number of aryl methyl sites for hydroxylation is 3. The van der Waals surface area contributed by atoms with E-state index in [4.69, 9.17) is 0 Å². The molecule has 0 aromatic heterocycles. The zero-order valence-corrected chi connectivity index (χ0v) is 21.5. The van der Waals surface area contributed by atoms with E-state index in [0.717, 1.165) is 37.7 Å². The van der Waals surface area contributed by atoms with Gasteiger partial charge >= 0.3 is 29.6 Å². The summed E-state index contributed by atoms with van der Waals surface area (Å²) in [4.78, 5) is 0.00336. The molecule has 5 heteroatoms. The van der Waals surface area contributed by atoms with Crippen LogP contribution in [0, 0.1) is 0 Å². The molecule has 0 amide bonds. The van der Waals surface area contributed by atoms with Gasteiger partial charge in [-0.1, -0.05) is 91.0 Å². The van der Waals surface area contributed by atoms with Crippen LogP contribution in [0.2, 0.25) is 0 Å². The second-order valence-electron chi connectivity index (χ2n) is 7.76. The first-order valence-electron chi connectivity index (χ1n) is 11.0. The number of hydrogen-bond acceptors (Lipinski definition) is 3. The number of rotatable bonds is 15. The van der Waals surface area contributed by atoms with Gasteiger partial charge < -0.3 is 4.55 Å². The molecule has 0 saturated carbocycles. The van der Waals surface area contributed by atoms with Crippen molar-refractivity contribution >= 4 is 10.1 Å². The number of unbranched alkanes of at least 4 members (excludes halogenated alkanes) is 8. The van der Waals surface area contributed by atoms with Crippen LogP contribution in [-0.2, 0) is 29.4 Å². The molecule has 1 aromatic rings. The van der Waals surface area contributed by atoms with E-state index in [0.29, 0.717) is 12.0 Å². The Morgan fingerprint density at radius 1 is 0.643 bits per heavy atom. The maximum absolute atomic E-state index is 11.7. The molecule has 0 spiro atoms. The molecule has 0 fully saturated rings. The van der Waals surface area contributed by atoms with Crippen molar-refractivity contribution in [1.82, 2.24) is 0 Å². The van der Waals surface area contributed by atoms with Crippen LogP contribution in [0.1, 0.15) is 108 Å². The van der Waals surface area contributed by atoms with E-state index in [-0.39, 0.29) is 34.5 Å². The molecule has 0 aliphatic rings. The van der Waals surface area contributed by atoms with Crippen molar-refractivity contribution in [2.75, 3.05) is 0 Å². The Bertz CT molecular complexity index is 641. The van der Waals surface area contributed by atoms with Gasteiger partial charge in [-0.3, -0.25) is 0 Å². The summed E-state index contributed by atoms with van der Waals surface area (Å²) in [5.74, 6) is 0. The molecule has 156 valence electrons. The zero-order chi connectivity index (χ0) is 20.1. The summed E-state index contributed by atoms with van der Waals surface area (Å²) in [6, 6.07) is 3.67. The van der Waals surface area contributed by atoms with Gasteiger partial charge in [-0.05, 0) is 48.4 Å². The van der Waals surface area contributed by atoms with E-state index in [1.165, 1.54) is 56.9 Å². The molecule has 0 atom stereocenters. The first-order chi connectivity index (χ1) is 12.9. The van der Waals surface area contributed by atoms with Crippen molar-refractivity contribution < 1.29 is 42.5 Å². The van der Waals surface area contributed by atoms with Gasteiger partial charge in [-0.15, -0.1) is 0 Å². The third-order valence-electron chi connectivity index (χ3n) is 5.24. The minimum atomic E-state index is -4.41. The SMILES string of the molecule is CCCCCCCCCCCc1cc(CCC)c(S(=O)(=O)[O-])cc1CCC.[Na+]. The maximum Gasteiger partial charge on any atom is 1.00 e. The van der Waals surface area contributed by atoms with Gasteiger partial charge in [0, 0.05) is 0 Å². The molecule has 0 aliphatic carbocycles. The molecule has 0 radical (unpaired) electrons. The molecule has 1 aromatic carbocycles. The standard InChI is InChI=1S/C23H40O3S.Na/c1-4-7-8-9-10-11-12-13-14-17-21-18-22(16-6-3)23(27(24,25)26)19-20(21)15-5-2;/h18-19H,4-17H2,1-3H3,(H,24,25,26);/q;+1/p-1. The molecule has 0 aliphatic heterocycles. The monoisotopic (exact) mass is 418 g/mol. The van der Waals surface area contributed by atoms with Crippen molar-refractivity contribution in [3.8, 4) is 0 Å². The average molecular weight is 419 g/mol. The normalized spacial score (nSPS) is 11.4. The molecule has 1 rings (SSSR count). The molecule has 28 heavy (non-hydrogen) atoms. The van der Waals surface area contributed by atoms with Crippen molar-refractivity contribution in [3.63, 3.8) is 0 Å². The van der Waals surface area contributed by atoms with Crippen LogP contribution in [-0.4, -0.2) is 13.0 Å². The number of benzene rings is 1. The smallest absolute Gasteiger partial charge is 0.744 e. The Morgan fingerprint density at radius 2 is 1.11 bits per heavy atom. The van der Waals surface area contributed by atoms with Gasteiger partial charge in [0.2, 0.25) is 0 Å². The summed E-state index contributed by atoms with van der Waals surface area (Å²) in [5, 5.41) is 0. The zero-order valence-electron chi connectivity index (χ0n) is 18.7. The van der Waals surface area contributed by atoms with Crippen molar-refractivity contribution in [2.45, 2.75) is 116 Å². The van der Waals surface area contributed by atoms with Gasteiger partial charge in [-0.25, -0.2) is 8.42 Å². The summed E-state index contributed by atoms with van der Waals surface area (Å²) in [6.45, 7) is 6.35. The Labute approximate surface area is 196 Å². The molecule has 3 nitrogen and oxygen atoms in total. The summed E-state index contributed by atoms with van der Waals surface area (Å²) >= 11 is 0. The molecular weight excluding hydrogens is 379 g/mol. The summed E-state index contributed by atoms with van der Waals surface area (Å²) in [6.07, 6.45) is 16.0. The van der Waals surface area contributed by atoms with Crippen molar-refractivity contribution in [3.05, 3.63) is 28.8 Å². The first-order valence-corrected chi connectivity index (χ1v) is 12.4. The average Bonchev–Trinajstić information content (AvgIpc) is 2.61. The minimum absolute atomic E-state index is 0. The Morgan fingerprint density at radius 3 is 1.61 bits per heavy atom. The van der Waals surface area contributed by atoms with Crippen molar-refractivity contribution in [1.29, 1.82) is 0 Å². The van der Waals surface area contributed by atoms with Crippen LogP contribution in [0.4, 0.5) is 0 Å². The van der Waals surface area contributed by atoms with Gasteiger partial charge in [0.05, 0.1) is 4.90 Å². The quantitative estimate of drug-likeness (QED) is 0.249. The van der Waals surface area contributed by atoms with Crippen LogP contribution in [0.5, 0.6) is 0 Å². The maximum atomic E-state index is 11.7. The molecule has 0 N–H and O–H groups in total. The number of hydrogen-bond donors (Lipinski definition) is 0. The van der Waals surface area contributed by atoms with Crippen LogP contribution < -0.4 is 29.6 Å². The first kappa shape index (κ1) is 28.1. The van der Waals surface area contributed by atoms with Crippen LogP contribution in [0.3, 0.4) is 0 Å². The third kappa shape index (κ3) is 10.8. The second-order valence-corrected chi connectivity index (χ2v) is 9.11. The second kappa shape index (κ2) is 15.9. The predicted molar refractivity (Wildman–Crippen MR) is 113 cm³/mol. The molecule has 0 unspecified atom stereocenters. The van der Waals surface area contributed by atoms with E-state index in [9.17, 15) is 13.0 Å². The van der Waals surface area contributed by atoms with Crippen LogP contribution in [0.25, 0.3) is 0 Å². The fourth-order valence-corrected chi connectivity index (χ4v) is 4.54. The summed E-state index contributed by atoms with van der Waals surface area (Å²) < 4.78 is 35.0. The summed E-state index contributed by atoms with van der Waals surface area (Å²) in [7, 11) is -4.41. The van der Waals surface area contributed by atoms with E-state index in [1.807, 2.05) is 13.0 Å². The van der Waals surface area contributed by atoms with Gasteiger partial charge in [0.15, 0.2) is 0 Å². The Kier molecular flexibility index (Phi) is 16.0. The van der Waals surface area contributed by atoms with E-state index >= 15 is 0 Å². The molecule has 0 heterocycles. The van der Waals surface area contributed by atoms with E-state index in [1.54, 1.807) is 6.07 Å². The van der Waals surface area contributed by atoms with Gasteiger partial charge in [0.1, 0.15) is 10.1 Å². The minimum Gasteiger partial charge on any atom is -0.744 e. The fraction of sp³-hybridized carbons (Fsp3) is 0.739. The Hall–Kier alpha value is 0.130. The van der Waals surface area contributed by atoms with Gasteiger partial charge in [0.25, 0.3) is 0 Å². The topological polar surface area (TPSA) is 57.2 Å². The predicted octanol–water partition coefficient (Wildman–Crippen LogP) is 3.57. The fourth-order valence-electron chi connectivity index (χ4n) is 3.78. The van der Waals surface area contributed by atoms with Crippen LogP contribution in [0.15, 0.2) is 17.0 Å². The van der Waals surface area contributed by atoms with E-state index in [2.05, 4.69) is 13.8 Å². The molecule has 0 bridgehead atoms. The molecular formula is C23H39NaO3S. The third-order valence-corrected chi connectivity index (χ3v) is 6.16. The van der Waals surface area contributed by atoms with E-state index < -0.39 is 10.1 Å². The Balaban J connectivity index is 0.00000729. The largest absolute Gasteiger partial charge is 1.00 e.